The van der Waals surface area contributed by atoms with Crippen LogP contribution in [-0.4, -0.2) is 40.5 Å². The maximum atomic E-state index is 14.0. The number of hydrogen-bond donors (Lipinski definition) is 2. The van der Waals surface area contributed by atoms with Gasteiger partial charge in [0.15, 0.2) is 27.8 Å². The second-order valence-corrected chi connectivity index (χ2v) is 10.2. The van der Waals surface area contributed by atoms with Crippen molar-refractivity contribution in [3.05, 3.63) is 47.9 Å². The lowest BCUT2D eigenvalue weighted by Gasteiger charge is -2.28. The number of benzene rings is 1. The summed E-state index contributed by atoms with van der Waals surface area (Å²) >= 11 is 1.51. The summed E-state index contributed by atoms with van der Waals surface area (Å²) in [6.07, 6.45) is 3.75. The average molecular weight is 509 g/mol. The van der Waals surface area contributed by atoms with Crippen molar-refractivity contribution in [3.8, 4) is 16.2 Å². The van der Waals surface area contributed by atoms with Gasteiger partial charge >= 0.3 is 0 Å². The summed E-state index contributed by atoms with van der Waals surface area (Å²) in [5.41, 5.74) is 1.10. The largest absolute Gasteiger partial charge is 0.495 e. The third-order valence-corrected chi connectivity index (χ3v) is 8.04. The molecule has 1 aliphatic rings. The molecule has 1 aromatic carbocycles. The van der Waals surface area contributed by atoms with Gasteiger partial charge in [0.2, 0.25) is 0 Å². The van der Waals surface area contributed by atoms with E-state index in [1.54, 1.807) is 12.1 Å². The molecule has 0 radical (unpaired) electrons. The Balaban J connectivity index is 1.58. The van der Waals surface area contributed by atoms with Gasteiger partial charge in [-0.2, -0.15) is 0 Å². The number of methoxy groups -OCH3 is 1. The Kier molecular flexibility index (Phi) is 7.74. The van der Waals surface area contributed by atoms with E-state index in [4.69, 9.17) is 9.47 Å². The Morgan fingerprint density at radius 1 is 1.24 bits per heavy atom. The van der Waals surface area contributed by atoms with Gasteiger partial charge < -0.3 is 14.8 Å². The molecule has 4 rings (SSSR count). The highest BCUT2D eigenvalue weighted by Gasteiger charge is 2.23. The molecule has 2 unspecified atom stereocenters. The van der Waals surface area contributed by atoms with E-state index < -0.39 is 28.3 Å². The van der Waals surface area contributed by atoms with Crippen molar-refractivity contribution in [2.45, 2.75) is 37.6 Å². The smallest absolute Gasteiger partial charge is 0.183 e. The number of nitrogens with one attached hydrogen (secondary N) is 2. The van der Waals surface area contributed by atoms with E-state index in [0.29, 0.717) is 11.7 Å². The molecule has 0 saturated carbocycles. The summed E-state index contributed by atoms with van der Waals surface area (Å²) < 4.78 is 54.2. The Morgan fingerprint density at radius 3 is 2.62 bits per heavy atom. The predicted octanol–water partition coefficient (Wildman–Crippen LogP) is 5.16. The van der Waals surface area contributed by atoms with E-state index in [9.17, 15) is 13.0 Å². The van der Waals surface area contributed by atoms with Crippen LogP contribution in [0.4, 0.5) is 19.6 Å². The molecular weight excluding hydrogens is 482 g/mol. The van der Waals surface area contributed by atoms with Gasteiger partial charge in [-0.1, -0.05) is 11.3 Å². The molecule has 0 amide bonds. The molecule has 1 aliphatic heterocycles. The fourth-order valence-electron chi connectivity index (χ4n) is 3.87. The van der Waals surface area contributed by atoms with Crippen LogP contribution in [0.2, 0.25) is 0 Å². The summed E-state index contributed by atoms with van der Waals surface area (Å²) in [5, 5.41) is 4.32. The lowest BCUT2D eigenvalue weighted by Crippen LogP contribution is -2.30. The Labute approximate surface area is 203 Å². The van der Waals surface area contributed by atoms with Crippen molar-refractivity contribution in [3.63, 3.8) is 0 Å². The van der Waals surface area contributed by atoms with Crippen LogP contribution in [-0.2, 0) is 15.7 Å². The fraction of sp³-hybridized carbons (Fsp3) is 0.391. The zero-order valence-corrected chi connectivity index (χ0v) is 20.7. The van der Waals surface area contributed by atoms with E-state index in [2.05, 4.69) is 26.9 Å². The van der Waals surface area contributed by atoms with Crippen molar-refractivity contribution in [1.29, 1.82) is 0 Å². The average Bonchev–Trinajstić information content (AvgIpc) is 3.21. The van der Waals surface area contributed by atoms with Crippen LogP contribution in [0.1, 0.15) is 25.5 Å². The molecule has 0 spiro atoms. The molecule has 1 fully saturated rings. The standard InChI is InChI=1S/C23H26F2N4O3S2/c1-13(15-6-8-32-9-7-15)27-23-28-14(2)22(33-23)16-4-5-19(31-3)20(10-16)34(30)29-21-17(24)11-26-12-18(21)25/h4-5,10-13,15H,6-9H2,1-3H3,(H,26,29)(H,27,28). The molecule has 1 saturated heterocycles. The number of hydrogen-bond acceptors (Lipinski definition) is 7. The van der Waals surface area contributed by atoms with Crippen molar-refractivity contribution >= 4 is 33.1 Å². The molecule has 2 atom stereocenters. The summed E-state index contributed by atoms with van der Waals surface area (Å²) in [6.45, 7) is 5.64. The van der Waals surface area contributed by atoms with Crippen molar-refractivity contribution in [1.82, 2.24) is 9.97 Å². The fourth-order valence-corrected chi connectivity index (χ4v) is 5.99. The minimum absolute atomic E-state index is 0.258. The lowest BCUT2D eigenvalue weighted by molar-refractivity contribution is 0.0622. The van der Waals surface area contributed by atoms with Crippen molar-refractivity contribution in [2.24, 2.45) is 5.92 Å². The maximum absolute atomic E-state index is 14.0. The highest BCUT2D eigenvalue weighted by Crippen LogP contribution is 2.37. The topological polar surface area (TPSA) is 85.4 Å². The zero-order valence-electron chi connectivity index (χ0n) is 19.1. The van der Waals surface area contributed by atoms with E-state index in [1.807, 2.05) is 13.0 Å². The van der Waals surface area contributed by atoms with Gasteiger partial charge in [0.25, 0.3) is 0 Å². The Hall–Kier alpha value is -2.63. The van der Waals surface area contributed by atoms with Crippen LogP contribution in [0.3, 0.4) is 0 Å². The van der Waals surface area contributed by atoms with Gasteiger partial charge in [0.05, 0.1) is 30.1 Å². The second kappa shape index (κ2) is 10.7. The number of thiazole rings is 1. The number of ether oxygens (including phenoxy) is 2. The molecule has 0 bridgehead atoms. The highest BCUT2D eigenvalue weighted by atomic mass is 32.2. The summed E-state index contributed by atoms with van der Waals surface area (Å²) in [4.78, 5) is 9.28. The van der Waals surface area contributed by atoms with Crippen LogP contribution in [0.15, 0.2) is 35.5 Å². The molecule has 7 nitrogen and oxygen atoms in total. The first-order chi connectivity index (χ1) is 16.4. The zero-order chi connectivity index (χ0) is 24.2. The highest BCUT2D eigenvalue weighted by molar-refractivity contribution is 7.86. The molecule has 0 aliphatic carbocycles. The number of anilines is 2. The Bertz CT molecular complexity index is 1160. The minimum Gasteiger partial charge on any atom is -0.495 e. The molecule has 34 heavy (non-hydrogen) atoms. The summed E-state index contributed by atoms with van der Waals surface area (Å²) in [5.74, 6) is -1.01. The minimum atomic E-state index is -1.99. The molecular formula is C23H26F2N4O3S2. The lowest BCUT2D eigenvalue weighted by atomic mass is 9.93. The first kappa shape index (κ1) is 24.5. The third kappa shape index (κ3) is 5.37. The third-order valence-electron chi connectivity index (χ3n) is 5.79. The monoisotopic (exact) mass is 508 g/mol. The second-order valence-electron chi connectivity index (χ2n) is 8.03. The van der Waals surface area contributed by atoms with Crippen molar-refractivity contribution < 1.29 is 22.5 Å². The van der Waals surface area contributed by atoms with Crippen LogP contribution >= 0.6 is 11.3 Å². The predicted molar refractivity (Wildman–Crippen MR) is 130 cm³/mol. The van der Waals surface area contributed by atoms with Gasteiger partial charge in [0, 0.05) is 19.3 Å². The van der Waals surface area contributed by atoms with Gasteiger partial charge in [-0.15, -0.1) is 0 Å². The molecule has 2 N–H and O–H groups in total. The number of rotatable bonds is 8. The number of aromatic nitrogens is 2. The van der Waals surface area contributed by atoms with E-state index in [1.165, 1.54) is 18.4 Å². The SMILES string of the molecule is COc1ccc(-c2sc(NC(C)C3CCOCC3)nc2C)cc1S(=O)Nc1c(F)cncc1F. The van der Waals surface area contributed by atoms with Crippen LogP contribution in [0, 0.1) is 24.5 Å². The quantitative estimate of drug-likeness (QED) is 0.437. The molecule has 182 valence electrons. The first-order valence-electron chi connectivity index (χ1n) is 10.8. The number of nitrogens with zero attached hydrogens (tertiary/aromatic N) is 2. The van der Waals surface area contributed by atoms with E-state index in [0.717, 1.165) is 59.7 Å². The molecule has 2 aromatic heterocycles. The van der Waals surface area contributed by atoms with E-state index >= 15 is 0 Å². The number of halogens is 2. The maximum Gasteiger partial charge on any atom is 0.183 e. The van der Waals surface area contributed by atoms with Gasteiger partial charge in [-0.05, 0) is 56.4 Å². The Morgan fingerprint density at radius 2 is 1.94 bits per heavy atom. The van der Waals surface area contributed by atoms with Gasteiger partial charge in [-0.25, -0.2) is 18.0 Å². The van der Waals surface area contributed by atoms with Crippen molar-refractivity contribution in [2.75, 3.05) is 30.4 Å². The summed E-state index contributed by atoms with van der Waals surface area (Å²) in [6, 6.07) is 5.47. The van der Waals surface area contributed by atoms with Crippen LogP contribution < -0.4 is 14.8 Å². The molecule has 3 heterocycles. The number of aryl methyl sites for hydroxylation is 1. The van der Waals surface area contributed by atoms with Crippen LogP contribution in [0.25, 0.3) is 10.4 Å². The molecule has 3 aromatic rings. The van der Waals surface area contributed by atoms with Gasteiger partial charge in [0.1, 0.15) is 16.3 Å². The van der Waals surface area contributed by atoms with E-state index in [-0.39, 0.29) is 10.9 Å². The first-order valence-corrected chi connectivity index (χ1v) is 12.8. The molecule has 11 heteroatoms. The van der Waals surface area contributed by atoms with Gasteiger partial charge in [-0.3, -0.25) is 9.71 Å². The number of pyridine rings is 1. The van der Waals surface area contributed by atoms with Crippen LogP contribution in [0.5, 0.6) is 5.75 Å². The summed E-state index contributed by atoms with van der Waals surface area (Å²) in [7, 11) is -0.543. The normalized spacial score (nSPS) is 16.1.